The molecule has 0 saturated carbocycles. The first-order chi connectivity index (χ1) is 15.1. The van der Waals surface area contributed by atoms with Crippen molar-refractivity contribution in [3.8, 4) is 34.1 Å². The quantitative estimate of drug-likeness (QED) is 0.296. The van der Waals surface area contributed by atoms with Crippen LogP contribution in [0, 0.1) is 0 Å². The van der Waals surface area contributed by atoms with Crippen molar-refractivity contribution >= 4 is 11.4 Å². The molecule has 0 heterocycles. The lowest BCUT2D eigenvalue weighted by Gasteiger charge is -2.08. The number of phenolic OH excluding ortho intramolecular Hbond substituents is 3. The van der Waals surface area contributed by atoms with E-state index in [2.05, 4.69) is 4.99 Å². The molecule has 0 bridgehead atoms. The van der Waals surface area contributed by atoms with Gasteiger partial charge in [-0.05, 0) is 47.5 Å². The maximum atomic E-state index is 12.9. The molecule has 3 aromatic rings. The van der Waals surface area contributed by atoms with Crippen molar-refractivity contribution < 1.29 is 38.2 Å². The Morgan fingerprint density at radius 2 is 1.41 bits per heavy atom. The zero-order valence-corrected chi connectivity index (χ0v) is 16.6. The van der Waals surface area contributed by atoms with Gasteiger partial charge in [-0.25, -0.2) is 0 Å². The number of halogens is 3. The number of allylic oxidation sites excluding steroid dienone is 1. The molecule has 0 saturated heterocycles. The summed E-state index contributed by atoms with van der Waals surface area (Å²) >= 11 is 0. The zero-order valence-electron chi connectivity index (χ0n) is 16.6. The van der Waals surface area contributed by atoms with Crippen molar-refractivity contribution in [3.05, 3.63) is 78.5 Å². The van der Waals surface area contributed by atoms with E-state index in [0.717, 1.165) is 11.1 Å². The van der Waals surface area contributed by atoms with Crippen LogP contribution in [-0.2, 0) is 0 Å². The minimum atomic E-state index is -4.76. The third-order valence-corrected chi connectivity index (χ3v) is 4.41. The second-order valence-corrected chi connectivity index (χ2v) is 6.78. The molecule has 0 amide bonds. The first-order valence-electron chi connectivity index (χ1n) is 9.34. The summed E-state index contributed by atoms with van der Waals surface area (Å²) in [6.45, 7) is -0.358. The van der Waals surface area contributed by atoms with Gasteiger partial charge in [0, 0.05) is 6.08 Å². The standard InChI is InChI=1S/C23H19F3N2O4/c24-23(25,26)21(27)12-16(28-22-19(30)2-1-3-20(22)31)13-32-18-10-6-15(7-11-18)14-4-8-17(29)9-5-14/h1-12,29-31H,13,27H2/p+1. The average Bonchev–Trinajstić information content (AvgIpc) is 2.75. The van der Waals surface area contributed by atoms with Gasteiger partial charge in [0.15, 0.2) is 18.1 Å². The highest BCUT2D eigenvalue weighted by Gasteiger charge is 2.32. The molecule has 6 N–H and O–H groups in total. The predicted molar refractivity (Wildman–Crippen MR) is 113 cm³/mol. The highest BCUT2D eigenvalue weighted by Crippen LogP contribution is 2.27. The molecular weight excluding hydrogens is 425 g/mol. The molecule has 0 spiro atoms. The van der Waals surface area contributed by atoms with Gasteiger partial charge in [0.25, 0.3) is 5.69 Å². The fourth-order valence-corrected chi connectivity index (χ4v) is 2.76. The number of benzene rings is 3. The highest BCUT2D eigenvalue weighted by atomic mass is 19.4. The lowest BCUT2D eigenvalue weighted by atomic mass is 10.1. The summed E-state index contributed by atoms with van der Waals surface area (Å²) in [5.74, 6) is -0.210. The number of ether oxygens (including phenoxy) is 1. The number of nitrogens with two attached hydrogens (primary N) is 1. The maximum absolute atomic E-state index is 12.9. The van der Waals surface area contributed by atoms with Crippen LogP contribution < -0.4 is 15.5 Å². The predicted octanol–water partition coefficient (Wildman–Crippen LogP) is 3.11. The van der Waals surface area contributed by atoms with Crippen LogP contribution in [0.2, 0.25) is 0 Å². The first kappa shape index (κ1) is 22.5. The van der Waals surface area contributed by atoms with E-state index in [1.807, 2.05) is 0 Å². The van der Waals surface area contributed by atoms with Gasteiger partial charge >= 0.3 is 6.18 Å². The topological polar surface area (TPSA) is 110 Å². The summed E-state index contributed by atoms with van der Waals surface area (Å²) in [5.41, 5.74) is 5.14. The van der Waals surface area contributed by atoms with Gasteiger partial charge in [-0.3, -0.25) is 0 Å². The minimum absolute atomic E-state index is 0.140. The molecule has 0 aliphatic heterocycles. The second kappa shape index (κ2) is 9.34. The maximum Gasteiger partial charge on any atom is 0.430 e. The van der Waals surface area contributed by atoms with E-state index in [4.69, 9.17) is 10.5 Å². The molecule has 9 heteroatoms. The van der Waals surface area contributed by atoms with Gasteiger partial charge in [-0.2, -0.15) is 18.2 Å². The smallest absolute Gasteiger partial charge is 0.430 e. The lowest BCUT2D eigenvalue weighted by Crippen LogP contribution is -2.67. The Morgan fingerprint density at radius 1 is 0.875 bits per heavy atom. The molecule has 0 aromatic heterocycles. The van der Waals surface area contributed by atoms with Crippen LogP contribution in [0.3, 0.4) is 0 Å². The van der Waals surface area contributed by atoms with Crippen LogP contribution in [0.15, 0.2) is 78.5 Å². The Bertz CT molecular complexity index is 1120. The zero-order chi connectivity index (χ0) is 23.3. The molecule has 3 rings (SSSR count). The monoisotopic (exact) mass is 445 g/mol. The van der Waals surface area contributed by atoms with E-state index < -0.39 is 11.9 Å². The summed E-state index contributed by atoms with van der Waals surface area (Å²) in [7, 11) is 0. The third kappa shape index (κ3) is 5.72. The normalized spacial score (nSPS) is 12.6. The van der Waals surface area contributed by atoms with Gasteiger partial charge in [0.2, 0.25) is 5.71 Å². The Kier molecular flexibility index (Phi) is 6.58. The first-order valence-corrected chi connectivity index (χ1v) is 9.34. The number of alkyl halides is 3. The summed E-state index contributed by atoms with van der Waals surface area (Å²) < 4.78 is 44.3. The molecule has 3 aromatic carbocycles. The van der Waals surface area contributed by atoms with Crippen molar-refractivity contribution in [2.45, 2.75) is 6.18 Å². The molecule has 6 nitrogen and oxygen atoms in total. The highest BCUT2D eigenvalue weighted by molar-refractivity contribution is 5.93. The number of para-hydroxylation sites is 1. The summed E-state index contributed by atoms with van der Waals surface area (Å²) in [6.07, 6.45) is -4.13. The molecule has 0 atom stereocenters. The molecule has 0 radical (unpaired) electrons. The van der Waals surface area contributed by atoms with E-state index in [0.29, 0.717) is 11.8 Å². The van der Waals surface area contributed by atoms with Crippen LogP contribution in [0.4, 0.5) is 18.9 Å². The van der Waals surface area contributed by atoms with E-state index in [1.54, 1.807) is 48.5 Å². The van der Waals surface area contributed by atoms with E-state index >= 15 is 0 Å². The van der Waals surface area contributed by atoms with E-state index in [9.17, 15) is 28.5 Å². The second-order valence-electron chi connectivity index (χ2n) is 6.78. The average molecular weight is 445 g/mol. The Labute approximate surface area is 181 Å². The summed E-state index contributed by atoms with van der Waals surface area (Å²) in [6, 6.07) is 17.3. The van der Waals surface area contributed by atoms with Gasteiger partial charge < -0.3 is 25.8 Å². The van der Waals surface area contributed by atoms with Crippen molar-refractivity contribution in [2.24, 2.45) is 5.73 Å². The van der Waals surface area contributed by atoms with Gasteiger partial charge in [0.1, 0.15) is 17.2 Å². The Morgan fingerprint density at radius 3 is 1.94 bits per heavy atom. The van der Waals surface area contributed by atoms with Crippen LogP contribution in [0.5, 0.6) is 23.0 Å². The molecule has 0 aliphatic carbocycles. The molecule has 0 fully saturated rings. The summed E-state index contributed by atoms with van der Waals surface area (Å²) in [5, 5.41) is 29.2. The van der Waals surface area contributed by atoms with Crippen molar-refractivity contribution in [1.82, 2.24) is 0 Å². The fraction of sp³-hybridized carbons (Fsp3) is 0.0870. The molecule has 32 heavy (non-hydrogen) atoms. The van der Waals surface area contributed by atoms with Crippen LogP contribution in [-0.4, -0.2) is 33.8 Å². The number of hydrogen-bond acceptors (Lipinski definition) is 5. The Hall–Kier alpha value is -4.14. The number of nitrogens with one attached hydrogen (secondary N) is 1. The Balaban J connectivity index is 1.84. The fourth-order valence-electron chi connectivity index (χ4n) is 2.76. The SMILES string of the molecule is NC(=CC(COc1ccc(-c2ccc(O)cc2)cc1)=[NH+]c1c(O)cccc1O)C(F)(F)F. The molecule has 0 unspecified atom stereocenters. The van der Waals surface area contributed by atoms with Gasteiger partial charge in [-0.1, -0.05) is 30.3 Å². The van der Waals surface area contributed by atoms with Gasteiger partial charge in [0.05, 0.1) is 0 Å². The minimum Gasteiger partial charge on any atom is -0.508 e. The number of rotatable bonds is 6. The van der Waals surface area contributed by atoms with Crippen molar-refractivity contribution in [3.63, 3.8) is 0 Å². The third-order valence-electron chi connectivity index (χ3n) is 4.41. The van der Waals surface area contributed by atoms with E-state index in [1.165, 1.54) is 18.2 Å². The van der Waals surface area contributed by atoms with E-state index in [-0.39, 0.29) is 35.3 Å². The van der Waals surface area contributed by atoms with Crippen LogP contribution >= 0.6 is 0 Å². The molecule has 0 aliphatic rings. The van der Waals surface area contributed by atoms with Crippen LogP contribution in [0.25, 0.3) is 11.1 Å². The largest absolute Gasteiger partial charge is 0.508 e. The number of hydrogen-bond donors (Lipinski definition) is 5. The molecular formula is C23H20F3N2O4+. The van der Waals surface area contributed by atoms with Crippen molar-refractivity contribution in [2.75, 3.05) is 6.61 Å². The van der Waals surface area contributed by atoms with Crippen LogP contribution in [0.1, 0.15) is 0 Å². The number of phenols is 3. The van der Waals surface area contributed by atoms with Gasteiger partial charge in [-0.15, -0.1) is 0 Å². The number of aromatic hydroxyl groups is 3. The van der Waals surface area contributed by atoms with Crippen molar-refractivity contribution in [1.29, 1.82) is 0 Å². The molecule has 166 valence electrons. The summed E-state index contributed by atoms with van der Waals surface area (Å²) in [4.78, 5) is 2.54. The lowest BCUT2D eigenvalue weighted by molar-refractivity contribution is -0.357.